The molecule has 25 heavy (non-hydrogen) atoms. The van der Waals surface area contributed by atoms with Crippen molar-refractivity contribution in [3.63, 3.8) is 0 Å². The second-order valence-corrected chi connectivity index (χ2v) is 6.11. The Morgan fingerprint density at radius 2 is 2.12 bits per heavy atom. The van der Waals surface area contributed by atoms with Gasteiger partial charge in [0, 0.05) is 31.7 Å². The fourth-order valence-electron chi connectivity index (χ4n) is 2.97. The van der Waals surface area contributed by atoms with Crippen LogP contribution >= 0.6 is 0 Å². The monoisotopic (exact) mass is 332 g/mol. The van der Waals surface area contributed by atoms with E-state index in [1.54, 1.807) is 30.1 Å². The number of anilines is 1. The van der Waals surface area contributed by atoms with Gasteiger partial charge in [0.25, 0.3) is 5.91 Å². The first-order valence-electron chi connectivity index (χ1n) is 7.99. The SMILES string of the molecule is Cn1ccc(C(=O)NC2CN(c3cc(C#N)c4ccccc4n3)C2)n1. The number of nitrogens with zero attached hydrogens (tertiary/aromatic N) is 5. The Morgan fingerprint density at radius 1 is 1.32 bits per heavy atom. The van der Waals surface area contributed by atoms with Crippen LogP contribution in [-0.2, 0) is 7.05 Å². The molecule has 0 bridgehead atoms. The van der Waals surface area contributed by atoms with Crippen molar-refractivity contribution in [2.75, 3.05) is 18.0 Å². The molecular weight excluding hydrogens is 316 g/mol. The molecule has 3 heterocycles. The van der Waals surface area contributed by atoms with E-state index < -0.39 is 0 Å². The van der Waals surface area contributed by atoms with Gasteiger partial charge in [0.05, 0.1) is 23.2 Å². The summed E-state index contributed by atoms with van der Waals surface area (Å²) in [5.74, 6) is 0.591. The first-order chi connectivity index (χ1) is 12.1. The average Bonchev–Trinajstić information content (AvgIpc) is 3.03. The Bertz CT molecular complexity index is 996. The summed E-state index contributed by atoms with van der Waals surface area (Å²) in [5, 5.41) is 17.3. The predicted molar refractivity (Wildman–Crippen MR) is 93.1 cm³/mol. The number of hydrogen-bond acceptors (Lipinski definition) is 5. The lowest BCUT2D eigenvalue weighted by Gasteiger charge is -2.40. The quantitative estimate of drug-likeness (QED) is 0.784. The Morgan fingerprint density at radius 3 is 2.84 bits per heavy atom. The number of amides is 1. The number of aryl methyl sites for hydroxylation is 1. The maximum Gasteiger partial charge on any atom is 0.272 e. The van der Waals surface area contributed by atoms with Crippen LogP contribution in [0.4, 0.5) is 5.82 Å². The largest absolute Gasteiger partial charge is 0.352 e. The number of hydrogen-bond donors (Lipinski definition) is 1. The summed E-state index contributed by atoms with van der Waals surface area (Å²) in [7, 11) is 1.78. The van der Waals surface area contributed by atoms with Crippen molar-refractivity contribution in [1.29, 1.82) is 5.26 Å². The van der Waals surface area contributed by atoms with Crippen LogP contribution in [0.25, 0.3) is 10.9 Å². The van der Waals surface area contributed by atoms with Gasteiger partial charge in [-0.1, -0.05) is 18.2 Å². The molecule has 0 spiro atoms. The average molecular weight is 332 g/mol. The minimum atomic E-state index is -0.172. The molecule has 0 atom stereocenters. The summed E-state index contributed by atoms with van der Waals surface area (Å²) < 4.78 is 1.60. The van der Waals surface area contributed by atoms with E-state index in [-0.39, 0.29) is 11.9 Å². The van der Waals surface area contributed by atoms with Crippen molar-refractivity contribution in [1.82, 2.24) is 20.1 Å². The highest BCUT2D eigenvalue weighted by Gasteiger charge is 2.30. The van der Waals surface area contributed by atoms with E-state index in [0.717, 1.165) is 16.7 Å². The van der Waals surface area contributed by atoms with E-state index in [0.29, 0.717) is 24.3 Å². The van der Waals surface area contributed by atoms with Gasteiger partial charge in [-0.25, -0.2) is 4.98 Å². The van der Waals surface area contributed by atoms with Crippen LogP contribution in [-0.4, -0.2) is 39.8 Å². The number of para-hydroxylation sites is 1. The Balaban J connectivity index is 1.46. The van der Waals surface area contributed by atoms with E-state index in [1.165, 1.54) is 0 Å². The van der Waals surface area contributed by atoms with Crippen molar-refractivity contribution in [2.45, 2.75) is 6.04 Å². The van der Waals surface area contributed by atoms with E-state index >= 15 is 0 Å². The molecule has 3 aromatic rings. The topological polar surface area (TPSA) is 86.8 Å². The lowest BCUT2D eigenvalue weighted by atomic mass is 10.1. The number of nitrogens with one attached hydrogen (secondary N) is 1. The van der Waals surface area contributed by atoms with Crippen LogP contribution in [0.3, 0.4) is 0 Å². The molecule has 7 heteroatoms. The van der Waals surface area contributed by atoms with Crippen molar-refractivity contribution >= 4 is 22.6 Å². The minimum absolute atomic E-state index is 0.0494. The molecule has 1 aliphatic rings. The van der Waals surface area contributed by atoms with Crippen LogP contribution in [0, 0.1) is 11.3 Å². The summed E-state index contributed by atoms with van der Waals surface area (Å²) in [6.07, 6.45) is 1.74. The molecule has 1 N–H and O–H groups in total. The molecule has 0 aliphatic carbocycles. The molecule has 0 saturated carbocycles. The second kappa shape index (κ2) is 5.91. The normalized spacial score (nSPS) is 14.2. The number of carbonyl (C=O) groups is 1. The van der Waals surface area contributed by atoms with Crippen LogP contribution in [0.2, 0.25) is 0 Å². The Kier molecular flexibility index (Phi) is 3.58. The molecule has 4 rings (SSSR count). The molecule has 1 aromatic carbocycles. The number of benzene rings is 1. The van der Waals surface area contributed by atoms with E-state index in [1.807, 2.05) is 24.3 Å². The third-order valence-corrected chi connectivity index (χ3v) is 4.31. The number of pyridine rings is 1. The third kappa shape index (κ3) is 2.78. The van der Waals surface area contributed by atoms with Crippen LogP contribution in [0.5, 0.6) is 0 Å². The summed E-state index contributed by atoms with van der Waals surface area (Å²) in [6.45, 7) is 1.32. The Hall–Kier alpha value is -3.40. The highest BCUT2D eigenvalue weighted by molar-refractivity contribution is 5.92. The van der Waals surface area contributed by atoms with Gasteiger partial charge in [0.15, 0.2) is 0 Å². The lowest BCUT2D eigenvalue weighted by molar-refractivity contribution is 0.0924. The molecule has 1 aliphatic heterocycles. The highest BCUT2D eigenvalue weighted by Crippen LogP contribution is 2.25. The van der Waals surface area contributed by atoms with Gasteiger partial charge in [-0.2, -0.15) is 10.4 Å². The summed E-state index contributed by atoms with van der Waals surface area (Å²) >= 11 is 0. The van der Waals surface area contributed by atoms with Gasteiger partial charge in [-0.15, -0.1) is 0 Å². The molecule has 7 nitrogen and oxygen atoms in total. The first-order valence-corrected chi connectivity index (χ1v) is 7.99. The predicted octanol–water partition coefficient (Wildman–Crippen LogP) is 1.46. The standard InChI is InChI=1S/C18H16N6O/c1-23-7-6-16(22-23)18(25)20-13-10-24(11-13)17-8-12(9-19)14-4-2-3-5-15(14)21-17/h2-8,13H,10-11H2,1H3,(H,20,25). The van der Waals surface area contributed by atoms with E-state index in [4.69, 9.17) is 0 Å². The zero-order valence-corrected chi connectivity index (χ0v) is 13.7. The number of carbonyl (C=O) groups excluding carboxylic acids is 1. The van der Waals surface area contributed by atoms with E-state index in [2.05, 4.69) is 26.4 Å². The zero-order chi connectivity index (χ0) is 17.4. The number of rotatable bonds is 3. The van der Waals surface area contributed by atoms with Gasteiger partial charge >= 0.3 is 0 Å². The van der Waals surface area contributed by atoms with E-state index in [9.17, 15) is 10.1 Å². The van der Waals surface area contributed by atoms with Gasteiger partial charge in [0.2, 0.25) is 0 Å². The molecule has 0 unspecified atom stereocenters. The molecule has 1 amide bonds. The third-order valence-electron chi connectivity index (χ3n) is 4.31. The zero-order valence-electron chi connectivity index (χ0n) is 13.7. The van der Waals surface area contributed by atoms with Crippen molar-refractivity contribution in [3.8, 4) is 6.07 Å². The molecule has 124 valence electrons. The summed E-state index contributed by atoms with van der Waals surface area (Å²) in [5.41, 5.74) is 1.83. The van der Waals surface area contributed by atoms with Gasteiger partial charge < -0.3 is 10.2 Å². The molecule has 2 aromatic heterocycles. The number of aromatic nitrogens is 3. The maximum absolute atomic E-state index is 12.1. The second-order valence-electron chi connectivity index (χ2n) is 6.11. The molecular formula is C18H16N6O. The fourth-order valence-corrected chi connectivity index (χ4v) is 2.97. The van der Waals surface area contributed by atoms with Crippen LogP contribution < -0.4 is 10.2 Å². The fraction of sp³-hybridized carbons (Fsp3) is 0.222. The van der Waals surface area contributed by atoms with Gasteiger partial charge in [0.1, 0.15) is 11.5 Å². The highest BCUT2D eigenvalue weighted by atomic mass is 16.2. The first kappa shape index (κ1) is 15.1. The number of fused-ring (bicyclic) bond motifs is 1. The molecule has 1 fully saturated rings. The minimum Gasteiger partial charge on any atom is -0.352 e. The van der Waals surface area contributed by atoms with Crippen molar-refractivity contribution in [3.05, 3.63) is 53.9 Å². The maximum atomic E-state index is 12.1. The summed E-state index contributed by atoms with van der Waals surface area (Å²) in [6, 6.07) is 13.4. The van der Waals surface area contributed by atoms with Crippen LogP contribution in [0.15, 0.2) is 42.6 Å². The summed E-state index contributed by atoms with van der Waals surface area (Å²) in [4.78, 5) is 18.8. The molecule has 1 saturated heterocycles. The molecule has 0 radical (unpaired) electrons. The lowest BCUT2D eigenvalue weighted by Crippen LogP contribution is -2.59. The smallest absolute Gasteiger partial charge is 0.272 e. The van der Waals surface area contributed by atoms with Crippen molar-refractivity contribution < 1.29 is 4.79 Å². The van der Waals surface area contributed by atoms with Gasteiger partial charge in [-0.3, -0.25) is 9.48 Å². The van der Waals surface area contributed by atoms with Crippen molar-refractivity contribution in [2.24, 2.45) is 7.05 Å². The van der Waals surface area contributed by atoms with Crippen LogP contribution in [0.1, 0.15) is 16.1 Å². The number of nitriles is 1. The van der Waals surface area contributed by atoms with Gasteiger partial charge in [-0.05, 0) is 18.2 Å². The Labute approximate surface area is 144 Å².